The molecule has 1 atom stereocenters. The van der Waals surface area contributed by atoms with Crippen LogP contribution in [0, 0.1) is 11.7 Å². The summed E-state index contributed by atoms with van der Waals surface area (Å²) < 4.78 is 13.9. The van der Waals surface area contributed by atoms with E-state index in [9.17, 15) is 4.39 Å². The molecular weight excluding hydrogens is 241 g/mol. The van der Waals surface area contributed by atoms with Crippen molar-refractivity contribution in [3.8, 4) is 0 Å². The van der Waals surface area contributed by atoms with Crippen molar-refractivity contribution in [2.24, 2.45) is 5.92 Å². The van der Waals surface area contributed by atoms with Crippen LogP contribution < -0.4 is 10.6 Å². The summed E-state index contributed by atoms with van der Waals surface area (Å²) >= 11 is 0. The van der Waals surface area contributed by atoms with Crippen LogP contribution in [0.15, 0.2) is 24.4 Å². The number of halogens is 1. The lowest BCUT2D eigenvalue weighted by atomic mass is 9.99. The first-order valence-electron chi connectivity index (χ1n) is 6.74. The molecule has 1 aromatic carbocycles. The third kappa shape index (κ3) is 2.11. The molecule has 0 bridgehead atoms. The van der Waals surface area contributed by atoms with Gasteiger partial charge in [-0.3, -0.25) is 0 Å². The molecule has 0 radical (unpaired) electrons. The molecule has 1 aliphatic heterocycles. The molecule has 100 valence electrons. The Morgan fingerprint density at radius 3 is 3.00 bits per heavy atom. The smallest absolute Gasteiger partial charge is 0.138 e. The van der Waals surface area contributed by atoms with Crippen LogP contribution in [0.5, 0.6) is 0 Å². The SMILES string of the molecule is CC1CCCN(c2nccc3c(F)ccc(N)c23)C1. The predicted octanol–water partition coefficient (Wildman–Crippen LogP) is 3.19. The van der Waals surface area contributed by atoms with Gasteiger partial charge in [0.2, 0.25) is 0 Å². The molecule has 0 saturated carbocycles. The van der Waals surface area contributed by atoms with Gasteiger partial charge < -0.3 is 10.6 Å². The summed E-state index contributed by atoms with van der Waals surface area (Å²) in [5, 5.41) is 1.31. The fraction of sp³-hybridized carbons (Fsp3) is 0.400. The number of aromatic nitrogens is 1. The second kappa shape index (κ2) is 4.68. The summed E-state index contributed by atoms with van der Waals surface area (Å²) in [6, 6.07) is 4.73. The molecule has 4 heteroatoms. The summed E-state index contributed by atoms with van der Waals surface area (Å²) in [6.07, 6.45) is 4.05. The number of anilines is 2. The van der Waals surface area contributed by atoms with Crippen molar-refractivity contribution in [1.29, 1.82) is 0 Å². The van der Waals surface area contributed by atoms with Crippen LogP contribution in [0.4, 0.5) is 15.9 Å². The Labute approximate surface area is 112 Å². The Hall–Kier alpha value is -1.84. The molecule has 2 N–H and O–H groups in total. The molecule has 1 unspecified atom stereocenters. The second-order valence-electron chi connectivity index (χ2n) is 5.39. The van der Waals surface area contributed by atoms with Crippen LogP contribution in [-0.2, 0) is 0 Å². The normalized spacial score (nSPS) is 19.9. The maximum Gasteiger partial charge on any atom is 0.138 e. The molecular formula is C15H18FN3. The van der Waals surface area contributed by atoms with E-state index < -0.39 is 0 Å². The summed E-state index contributed by atoms with van der Waals surface area (Å²) in [5.74, 6) is 1.22. The fourth-order valence-electron chi connectivity index (χ4n) is 2.89. The first-order valence-corrected chi connectivity index (χ1v) is 6.74. The second-order valence-corrected chi connectivity index (χ2v) is 5.39. The molecule has 2 heterocycles. The van der Waals surface area contributed by atoms with Crippen LogP contribution >= 0.6 is 0 Å². The van der Waals surface area contributed by atoms with E-state index >= 15 is 0 Å². The number of piperidine rings is 1. The van der Waals surface area contributed by atoms with E-state index in [-0.39, 0.29) is 5.82 Å². The topological polar surface area (TPSA) is 42.2 Å². The van der Waals surface area contributed by atoms with Gasteiger partial charge in [-0.25, -0.2) is 9.37 Å². The van der Waals surface area contributed by atoms with E-state index in [2.05, 4.69) is 16.8 Å². The van der Waals surface area contributed by atoms with Crippen molar-refractivity contribution in [3.05, 3.63) is 30.2 Å². The minimum absolute atomic E-state index is 0.238. The maximum atomic E-state index is 13.9. The Morgan fingerprint density at radius 1 is 1.37 bits per heavy atom. The highest BCUT2D eigenvalue weighted by molar-refractivity contribution is 6.01. The monoisotopic (exact) mass is 259 g/mol. The highest BCUT2D eigenvalue weighted by Crippen LogP contribution is 2.33. The van der Waals surface area contributed by atoms with Gasteiger partial charge in [0.1, 0.15) is 11.6 Å². The number of nitrogens with two attached hydrogens (primary N) is 1. The molecule has 1 aliphatic rings. The standard InChI is InChI=1S/C15H18FN3/c1-10-3-2-8-19(9-10)15-14-11(6-7-18-15)12(16)4-5-13(14)17/h4-7,10H,2-3,8-9,17H2,1H3. The third-order valence-corrected chi connectivity index (χ3v) is 3.84. The highest BCUT2D eigenvalue weighted by atomic mass is 19.1. The van der Waals surface area contributed by atoms with Crippen LogP contribution in [0.3, 0.4) is 0 Å². The molecule has 1 fully saturated rings. The molecule has 2 aromatic rings. The fourth-order valence-corrected chi connectivity index (χ4v) is 2.89. The van der Waals surface area contributed by atoms with Gasteiger partial charge >= 0.3 is 0 Å². The molecule has 1 saturated heterocycles. The Balaban J connectivity index is 2.15. The maximum absolute atomic E-state index is 13.9. The number of fused-ring (bicyclic) bond motifs is 1. The zero-order chi connectivity index (χ0) is 13.4. The number of nitrogen functional groups attached to an aromatic ring is 1. The van der Waals surface area contributed by atoms with Crippen molar-refractivity contribution in [3.63, 3.8) is 0 Å². The Morgan fingerprint density at radius 2 is 2.21 bits per heavy atom. The lowest BCUT2D eigenvalue weighted by molar-refractivity contribution is 0.445. The summed E-state index contributed by atoms with van der Waals surface area (Å²) in [5.41, 5.74) is 6.63. The number of rotatable bonds is 1. The zero-order valence-corrected chi connectivity index (χ0v) is 11.1. The number of nitrogens with zero attached hydrogens (tertiary/aromatic N) is 2. The van der Waals surface area contributed by atoms with E-state index in [0.717, 1.165) is 30.7 Å². The van der Waals surface area contributed by atoms with Crippen molar-refractivity contribution in [2.75, 3.05) is 23.7 Å². The first-order chi connectivity index (χ1) is 9.16. The van der Waals surface area contributed by atoms with Gasteiger partial charge in [0.15, 0.2) is 0 Å². The van der Waals surface area contributed by atoms with E-state index in [1.807, 2.05) is 0 Å². The molecule has 0 aliphatic carbocycles. The summed E-state index contributed by atoms with van der Waals surface area (Å²) in [6.45, 7) is 4.16. The van der Waals surface area contributed by atoms with E-state index in [4.69, 9.17) is 5.73 Å². The van der Waals surface area contributed by atoms with Crippen molar-refractivity contribution >= 4 is 22.3 Å². The first kappa shape index (κ1) is 12.2. The lowest BCUT2D eigenvalue weighted by Gasteiger charge is -2.32. The van der Waals surface area contributed by atoms with E-state index in [0.29, 0.717) is 17.0 Å². The number of hydrogen-bond acceptors (Lipinski definition) is 3. The molecule has 19 heavy (non-hydrogen) atoms. The summed E-state index contributed by atoms with van der Waals surface area (Å²) in [7, 11) is 0. The van der Waals surface area contributed by atoms with E-state index in [1.54, 1.807) is 18.3 Å². The molecule has 0 spiro atoms. The van der Waals surface area contributed by atoms with Crippen LogP contribution in [0.25, 0.3) is 10.8 Å². The average molecular weight is 259 g/mol. The van der Waals surface area contributed by atoms with Crippen molar-refractivity contribution in [1.82, 2.24) is 4.98 Å². The van der Waals surface area contributed by atoms with Crippen molar-refractivity contribution in [2.45, 2.75) is 19.8 Å². The molecule has 1 aromatic heterocycles. The summed E-state index contributed by atoms with van der Waals surface area (Å²) in [4.78, 5) is 6.67. The minimum Gasteiger partial charge on any atom is -0.398 e. The quantitative estimate of drug-likeness (QED) is 0.800. The molecule has 3 nitrogen and oxygen atoms in total. The van der Waals surface area contributed by atoms with Gasteiger partial charge in [-0.2, -0.15) is 0 Å². The average Bonchev–Trinajstić information content (AvgIpc) is 2.42. The van der Waals surface area contributed by atoms with E-state index in [1.165, 1.54) is 12.5 Å². The largest absolute Gasteiger partial charge is 0.398 e. The number of hydrogen-bond donors (Lipinski definition) is 1. The Bertz CT molecular complexity index is 612. The predicted molar refractivity (Wildman–Crippen MR) is 76.7 cm³/mol. The highest BCUT2D eigenvalue weighted by Gasteiger charge is 2.20. The van der Waals surface area contributed by atoms with Gasteiger partial charge in [-0.15, -0.1) is 0 Å². The molecule has 0 amide bonds. The van der Waals surface area contributed by atoms with Gasteiger partial charge in [0.25, 0.3) is 0 Å². The zero-order valence-electron chi connectivity index (χ0n) is 11.1. The van der Waals surface area contributed by atoms with Crippen molar-refractivity contribution < 1.29 is 4.39 Å². The Kier molecular flexibility index (Phi) is 3.01. The van der Waals surface area contributed by atoms with Gasteiger partial charge in [0.05, 0.1) is 5.39 Å². The number of pyridine rings is 1. The molecule has 3 rings (SSSR count). The third-order valence-electron chi connectivity index (χ3n) is 3.84. The van der Waals surface area contributed by atoms with Gasteiger partial charge in [-0.05, 0) is 37.0 Å². The minimum atomic E-state index is -0.238. The van der Waals surface area contributed by atoms with Gasteiger partial charge in [-0.1, -0.05) is 6.92 Å². The number of benzene rings is 1. The van der Waals surface area contributed by atoms with Crippen LogP contribution in [0.2, 0.25) is 0 Å². The van der Waals surface area contributed by atoms with Gasteiger partial charge in [0, 0.05) is 30.4 Å². The lowest BCUT2D eigenvalue weighted by Crippen LogP contribution is -2.35. The van der Waals surface area contributed by atoms with Crippen LogP contribution in [0.1, 0.15) is 19.8 Å². The van der Waals surface area contributed by atoms with Crippen LogP contribution in [-0.4, -0.2) is 18.1 Å².